The van der Waals surface area contributed by atoms with Gasteiger partial charge in [0.05, 0.1) is 5.69 Å². The zero-order valence-corrected chi connectivity index (χ0v) is 9.70. The number of nitrogens with zero attached hydrogens (tertiary/aromatic N) is 2. The van der Waals surface area contributed by atoms with Crippen LogP contribution in [-0.2, 0) is 0 Å². The first kappa shape index (κ1) is 10.1. The molecule has 0 atom stereocenters. The first-order chi connectivity index (χ1) is 7.09. The number of hydrogen-bond acceptors (Lipinski definition) is 2. The predicted octanol–water partition coefficient (Wildman–Crippen LogP) is 3.20. The molecule has 0 saturated heterocycles. The highest BCUT2D eigenvalue weighted by molar-refractivity contribution is 5.78. The van der Waals surface area contributed by atoms with E-state index in [0.717, 1.165) is 22.4 Å². The topological polar surface area (TPSA) is 41.6 Å². The van der Waals surface area contributed by atoms with Crippen LogP contribution in [0.3, 0.4) is 0 Å². The van der Waals surface area contributed by atoms with Crippen molar-refractivity contribution in [1.29, 1.82) is 0 Å². The summed E-state index contributed by atoms with van der Waals surface area (Å²) in [7, 11) is 0. The number of aromatic nitrogens is 3. The fraction of sp³-hybridized carbons (Fsp3) is 0.500. The van der Waals surface area contributed by atoms with Gasteiger partial charge in [0.15, 0.2) is 5.65 Å². The molecule has 0 spiro atoms. The minimum atomic E-state index is 0.436. The smallest absolute Gasteiger partial charge is 0.155 e. The summed E-state index contributed by atoms with van der Waals surface area (Å²) < 4.78 is 0. The molecule has 2 heterocycles. The highest BCUT2D eigenvalue weighted by Crippen LogP contribution is 2.23. The van der Waals surface area contributed by atoms with Crippen LogP contribution in [0.15, 0.2) is 12.1 Å². The molecule has 0 fully saturated rings. The standard InChI is InChI=1S/C12H17N3/c1-7(2)10-6-5-9-11(8(3)4)14-15-12(9)13-10/h5-8H,1-4H3,(H,13,14,15). The number of aromatic amines is 1. The van der Waals surface area contributed by atoms with Crippen LogP contribution in [0.1, 0.15) is 50.9 Å². The van der Waals surface area contributed by atoms with Gasteiger partial charge in [-0.3, -0.25) is 5.10 Å². The monoisotopic (exact) mass is 203 g/mol. The molecule has 80 valence electrons. The van der Waals surface area contributed by atoms with E-state index in [2.05, 4.69) is 55.0 Å². The first-order valence-corrected chi connectivity index (χ1v) is 5.44. The Morgan fingerprint density at radius 3 is 2.40 bits per heavy atom. The average Bonchev–Trinajstić information content (AvgIpc) is 2.59. The van der Waals surface area contributed by atoms with Crippen LogP contribution in [0.25, 0.3) is 11.0 Å². The number of nitrogens with one attached hydrogen (secondary N) is 1. The molecule has 0 aliphatic carbocycles. The van der Waals surface area contributed by atoms with Gasteiger partial charge >= 0.3 is 0 Å². The third kappa shape index (κ3) is 1.74. The Kier molecular flexibility index (Phi) is 2.47. The predicted molar refractivity (Wildman–Crippen MR) is 62.1 cm³/mol. The van der Waals surface area contributed by atoms with Crippen LogP contribution in [0.2, 0.25) is 0 Å². The Balaban J connectivity index is 2.57. The first-order valence-electron chi connectivity index (χ1n) is 5.44. The van der Waals surface area contributed by atoms with Gasteiger partial charge < -0.3 is 0 Å². The summed E-state index contributed by atoms with van der Waals surface area (Å²) in [5, 5.41) is 8.46. The maximum Gasteiger partial charge on any atom is 0.155 e. The van der Waals surface area contributed by atoms with Crippen molar-refractivity contribution in [3.8, 4) is 0 Å². The summed E-state index contributed by atoms with van der Waals surface area (Å²) in [5.41, 5.74) is 3.12. The summed E-state index contributed by atoms with van der Waals surface area (Å²) in [6, 6.07) is 4.21. The Morgan fingerprint density at radius 2 is 1.80 bits per heavy atom. The number of hydrogen-bond donors (Lipinski definition) is 1. The summed E-state index contributed by atoms with van der Waals surface area (Å²) in [5.74, 6) is 0.894. The van der Waals surface area contributed by atoms with E-state index in [4.69, 9.17) is 0 Å². The molecule has 3 heteroatoms. The van der Waals surface area contributed by atoms with Gasteiger partial charge in [0.2, 0.25) is 0 Å². The minimum Gasteiger partial charge on any atom is -0.261 e. The lowest BCUT2D eigenvalue weighted by Gasteiger charge is -2.04. The third-order valence-electron chi connectivity index (χ3n) is 2.61. The molecule has 0 unspecified atom stereocenters. The Bertz CT molecular complexity index is 469. The fourth-order valence-corrected chi connectivity index (χ4v) is 1.70. The van der Waals surface area contributed by atoms with Crippen molar-refractivity contribution in [1.82, 2.24) is 15.2 Å². The number of pyridine rings is 1. The second-order valence-corrected chi connectivity index (χ2v) is 4.55. The highest BCUT2D eigenvalue weighted by atomic mass is 15.1. The second-order valence-electron chi connectivity index (χ2n) is 4.55. The molecule has 0 aromatic carbocycles. The van der Waals surface area contributed by atoms with Crippen LogP contribution in [0.4, 0.5) is 0 Å². The zero-order chi connectivity index (χ0) is 11.0. The van der Waals surface area contributed by atoms with Crippen LogP contribution < -0.4 is 0 Å². The zero-order valence-electron chi connectivity index (χ0n) is 9.70. The van der Waals surface area contributed by atoms with E-state index in [1.54, 1.807) is 0 Å². The van der Waals surface area contributed by atoms with E-state index in [9.17, 15) is 0 Å². The van der Waals surface area contributed by atoms with Gasteiger partial charge in [-0.25, -0.2) is 4.98 Å². The van der Waals surface area contributed by atoms with Crippen molar-refractivity contribution in [2.45, 2.75) is 39.5 Å². The molecule has 0 amide bonds. The van der Waals surface area contributed by atoms with Gasteiger partial charge in [0, 0.05) is 11.1 Å². The quantitative estimate of drug-likeness (QED) is 0.814. The van der Waals surface area contributed by atoms with Crippen LogP contribution in [0, 0.1) is 0 Å². The molecule has 0 radical (unpaired) electrons. The van der Waals surface area contributed by atoms with Crippen molar-refractivity contribution in [3.05, 3.63) is 23.5 Å². The molecule has 2 rings (SSSR count). The van der Waals surface area contributed by atoms with E-state index in [0.29, 0.717) is 11.8 Å². The van der Waals surface area contributed by atoms with Crippen molar-refractivity contribution in [2.24, 2.45) is 0 Å². The molecule has 3 nitrogen and oxygen atoms in total. The Morgan fingerprint density at radius 1 is 1.07 bits per heavy atom. The van der Waals surface area contributed by atoms with E-state index in [1.807, 2.05) is 0 Å². The molecule has 1 N–H and O–H groups in total. The Labute approximate surface area is 89.9 Å². The summed E-state index contributed by atoms with van der Waals surface area (Å²) in [6.07, 6.45) is 0. The normalized spacial score (nSPS) is 11.9. The molecule has 0 aliphatic heterocycles. The van der Waals surface area contributed by atoms with Crippen molar-refractivity contribution < 1.29 is 0 Å². The minimum absolute atomic E-state index is 0.436. The van der Waals surface area contributed by atoms with Gasteiger partial charge in [-0.15, -0.1) is 0 Å². The van der Waals surface area contributed by atoms with E-state index in [1.165, 1.54) is 0 Å². The third-order valence-corrected chi connectivity index (χ3v) is 2.61. The summed E-state index contributed by atoms with van der Waals surface area (Å²) >= 11 is 0. The number of rotatable bonds is 2. The van der Waals surface area contributed by atoms with Crippen LogP contribution >= 0.6 is 0 Å². The number of fused-ring (bicyclic) bond motifs is 1. The lowest BCUT2D eigenvalue weighted by molar-refractivity contribution is 0.816. The molecular formula is C12H17N3. The summed E-state index contributed by atoms with van der Waals surface area (Å²) in [6.45, 7) is 8.58. The van der Waals surface area contributed by atoms with E-state index < -0.39 is 0 Å². The van der Waals surface area contributed by atoms with Gasteiger partial charge in [0.25, 0.3) is 0 Å². The maximum atomic E-state index is 4.56. The Hall–Kier alpha value is -1.38. The summed E-state index contributed by atoms with van der Waals surface area (Å²) in [4.78, 5) is 4.56. The molecule has 0 aliphatic rings. The van der Waals surface area contributed by atoms with Gasteiger partial charge in [-0.2, -0.15) is 5.10 Å². The molecule has 15 heavy (non-hydrogen) atoms. The SMILES string of the molecule is CC(C)c1ccc2c(C(C)C)n[nH]c2n1. The van der Waals surface area contributed by atoms with Gasteiger partial charge in [-0.05, 0) is 24.0 Å². The number of H-pyrrole nitrogens is 1. The molecule has 0 bridgehead atoms. The molecule has 2 aromatic rings. The average molecular weight is 203 g/mol. The van der Waals surface area contributed by atoms with E-state index >= 15 is 0 Å². The lowest BCUT2D eigenvalue weighted by Crippen LogP contribution is -1.92. The second kappa shape index (κ2) is 3.65. The van der Waals surface area contributed by atoms with Crippen molar-refractivity contribution in [3.63, 3.8) is 0 Å². The lowest BCUT2D eigenvalue weighted by atomic mass is 10.1. The van der Waals surface area contributed by atoms with Crippen molar-refractivity contribution >= 4 is 11.0 Å². The largest absolute Gasteiger partial charge is 0.261 e. The van der Waals surface area contributed by atoms with Crippen LogP contribution in [0.5, 0.6) is 0 Å². The van der Waals surface area contributed by atoms with Crippen LogP contribution in [-0.4, -0.2) is 15.2 Å². The highest BCUT2D eigenvalue weighted by Gasteiger charge is 2.11. The van der Waals surface area contributed by atoms with E-state index in [-0.39, 0.29) is 0 Å². The van der Waals surface area contributed by atoms with Crippen molar-refractivity contribution in [2.75, 3.05) is 0 Å². The molecule has 2 aromatic heterocycles. The fourth-order valence-electron chi connectivity index (χ4n) is 1.70. The van der Waals surface area contributed by atoms with Gasteiger partial charge in [-0.1, -0.05) is 27.7 Å². The maximum absolute atomic E-state index is 4.56. The van der Waals surface area contributed by atoms with Gasteiger partial charge in [0.1, 0.15) is 0 Å². The molecular weight excluding hydrogens is 186 g/mol. The molecule has 0 saturated carbocycles.